The number of unbranched alkanes of at least 4 members (excludes halogenated alkanes) is 1. The van der Waals surface area contributed by atoms with Gasteiger partial charge in [-0.15, -0.1) is 0 Å². The third kappa shape index (κ3) is 7.82. The van der Waals surface area contributed by atoms with Gasteiger partial charge in [-0.05, 0) is 25.5 Å². The fourth-order valence-electron chi connectivity index (χ4n) is 2.53. The van der Waals surface area contributed by atoms with Gasteiger partial charge in [0.2, 0.25) is 0 Å². The molecule has 1 aromatic rings. The third-order valence-electron chi connectivity index (χ3n) is 3.91. The van der Waals surface area contributed by atoms with Crippen molar-refractivity contribution in [1.82, 2.24) is 4.90 Å². The normalized spacial score (nSPS) is 16.9. The molecule has 0 amide bonds. The molecule has 0 saturated carbocycles. The van der Waals surface area contributed by atoms with Crippen molar-refractivity contribution in [2.45, 2.75) is 30.6 Å². The summed E-state index contributed by atoms with van der Waals surface area (Å²) in [6, 6.07) is 9.86. The highest BCUT2D eigenvalue weighted by atomic mass is 79.9. The molecule has 1 saturated heterocycles. The van der Waals surface area contributed by atoms with Crippen LogP contribution < -0.4 is 0 Å². The van der Waals surface area contributed by atoms with Gasteiger partial charge >= 0.3 is 19.1 Å². The summed E-state index contributed by atoms with van der Waals surface area (Å²) in [6.07, 6.45) is 1.64. The molecule has 1 aliphatic heterocycles. The summed E-state index contributed by atoms with van der Waals surface area (Å²) in [6.45, 7) is 1.03. The van der Waals surface area contributed by atoms with E-state index in [4.69, 9.17) is 14.0 Å². The first-order valence-corrected chi connectivity index (χ1v) is 9.73. The van der Waals surface area contributed by atoms with Gasteiger partial charge in [-0.25, -0.2) is 0 Å². The molecular weight excluding hydrogens is 417 g/mol. The maximum absolute atomic E-state index is 12.3. The van der Waals surface area contributed by atoms with Crippen molar-refractivity contribution in [3.8, 4) is 0 Å². The maximum atomic E-state index is 12.3. The Morgan fingerprint density at radius 3 is 2.44 bits per heavy atom. The van der Waals surface area contributed by atoms with Crippen molar-refractivity contribution in [3.05, 3.63) is 35.9 Å². The molecule has 9 heteroatoms. The fraction of sp³-hybridized carbons (Fsp3) is 0.500. The van der Waals surface area contributed by atoms with E-state index in [2.05, 4.69) is 15.9 Å². The van der Waals surface area contributed by atoms with E-state index in [0.717, 1.165) is 12.0 Å². The SMILES string of the molecule is CN1CC(=O)OB([C@@H](Br)C(=O)CCCCOCc2ccccc2)OC(=O)C1. The quantitative estimate of drug-likeness (QED) is 0.329. The molecule has 0 aromatic heterocycles. The molecule has 0 bridgehead atoms. The zero-order chi connectivity index (χ0) is 19.6. The Kier molecular flexibility index (Phi) is 8.96. The molecule has 7 nitrogen and oxygen atoms in total. The number of carbonyl (C=O) groups excluding carboxylic acids is 3. The first-order chi connectivity index (χ1) is 13.0. The monoisotopic (exact) mass is 439 g/mol. The average molecular weight is 440 g/mol. The lowest BCUT2D eigenvalue weighted by atomic mass is 9.80. The van der Waals surface area contributed by atoms with E-state index in [9.17, 15) is 14.4 Å². The number of Topliss-reactive ketones (excluding diaryl/α,β-unsaturated/α-hetero) is 1. The molecule has 0 unspecified atom stereocenters. The lowest BCUT2D eigenvalue weighted by molar-refractivity contribution is -0.145. The summed E-state index contributed by atoms with van der Waals surface area (Å²) in [5, 5.41) is 0. The Morgan fingerprint density at radius 1 is 1.19 bits per heavy atom. The van der Waals surface area contributed by atoms with E-state index in [0.29, 0.717) is 19.6 Å². The van der Waals surface area contributed by atoms with Crippen molar-refractivity contribution in [2.24, 2.45) is 0 Å². The zero-order valence-corrected chi connectivity index (χ0v) is 16.9. The van der Waals surface area contributed by atoms with Gasteiger partial charge in [0.05, 0.1) is 19.7 Å². The molecule has 0 radical (unpaired) electrons. The van der Waals surface area contributed by atoms with Gasteiger partial charge in [-0.2, -0.15) is 0 Å². The number of alkyl halides is 1. The van der Waals surface area contributed by atoms with Gasteiger partial charge in [0, 0.05) is 13.0 Å². The van der Waals surface area contributed by atoms with Crippen LogP contribution in [0.3, 0.4) is 0 Å². The van der Waals surface area contributed by atoms with Crippen LogP contribution in [-0.2, 0) is 35.0 Å². The van der Waals surface area contributed by atoms with Gasteiger partial charge in [-0.1, -0.05) is 46.3 Å². The Morgan fingerprint density at radius 2 is 1.81 bits per heavy atom. The molecule has 146 valence electrons. The number of halogens is 1. The molecule has 1 aromatic carbocycles. The largest absolute Gasteiger partial charge is 0.621 e. The predicted molar refractivity (Wildman–Crippen MR) is 103 cm³/mol. The number of ether oxygens (including phenoxy) is 1. The van der Waals surface area contributed by atoms with Crippen LogP contribution in [-0.4, -0.2) is 61.2 Å². The molecule has 1 atom stereocenters. The van der Waals surface area contributed by atoms with Crippen LogP contribution in [0, 0.1) is 0 Å². The van der Waals surface area contributed by atoms with Gasteiger partial charge in [0.1, 0.15) is 10.5 Å². The van der Waals surface area contributed by atoms with Crippen LogP contribution in [0.2, 0.25) is 0 Å². The Labute approximate surface area is 167 Å². The summed E-state index contributed by atoms with van der Waals surface area (Å²) in [5.41, 5.74) is 1.10. The fourth-order valence-corrected chi connectivity index (χ4v) is 2.98. The van der Waals surface area contributed by atoms with Crippen LogP contribution >= 0.6 is 15.9 Å². The molecule has 0 spiro atoms. The second-order valence-electron chi connectivity index (χ2n) is 6.38. The van der Waals surface area contributed by atoms with E-state index in [1.54, 1.807) is 7.05 Å². The number of ketones is 1. The standard InChI is InChI=1S/C18H23BBrNO6/c1-21-11-16(23)26-19(27-17(24)12-21)18(20)15(22)9-5-6-10-25-13-14-7-3-2-4-8-14/h2-4,7-8,18H,5-6,9-13H2,1H3/t18-/m0/s1. The van der Waals surface area contributed by atoms with Crippen molar-refractivity contribution >= 4 is 40.8 Å². The number of carbonyl (C=O) groups is 3. The lowest BCUT2D eigenvalue weighted by Crippen LogP contribution is -2.48. The minimum atomic E-state index is -1.24. The average Bonchev–Trinajstić information content (AvgIpc) is 2.62. The molecule has 2 rings (SSSR count). The van der Waals surface area contributed by atoms with Crippen LogP contribution in [0.1, 0.15) is 24.8 Å². The Hall–Kier alpha value is -1.71. The first kappa shape index (κ1) is 21.6. The second-order valence-corrected chi connectivity index (χ2v) is 7.37. The van der Waals surface area contributed by atoms with Crippen LogP contribution in [0.5, 0.6) is 0 Å². The van der Waals surface area contributed by atoms with Crippen molar-refractivity contribution in [3.63, 3.8) is 0 Å². The van der Waals surface area contributed by atoms with Gasteiger partial charge < -0.3 is 14.0 Å². The van der Waals surface area contributed by atoms with Gasteiger partial charge in [0.25, 0.3) is 0 Å². The second kappa shape index (κ2) is 11.2. The number of rotatable bonds is 9. The number of nitrogens with zero attached hydrogens (tertiary/aromatic N) is 1. The van der Waals surface area contributed by atoms with E-state index in [1.165, 1.54) is 4.90 Å². The minimum absolute atomic E-state index is 0.0295. The van der Waals surface area contributed by atoms with Crippen LogP contribution in [0.25, 0.3) is 0 Å². The van der Waals surface area contributed by atoms with Crippen LogP contribution in [0.15, 0.2) is 30.3 Å². The lowest BCUT2D eigenvalue weighted by Gasteiger charge is -2.24. The van der Waals surface area contributed by atoms with Gasteiger partial charge in [-0.3, -0.25) is 19.3 Å². The van der Waals surface area contributed by atoms with E-state index in [1.807, 2.05) is 30.3 Å². The van der Waals surface area contributed by atoms with E-state index >= 15 is 0 Å². The van der Waals surface area contributed by atoms with E-state index in [-0.39, 0.29) is 25.3 Å². The topological polar surface area (TPSA) is 82.1 Å². The molecular formula is C18H23BBrNO6. The third-order valence-corrected chi connectivity index (χ3v) is 4.86. The maximum Gasteiger partial charge on any atom is 0.621 e. The summed E-state index contributed by atoms with van der Waals surface area (Å²) in [5.74, 6) is -1.26. The zero-order valence-electron chi connectivity index (χ0n) is 15.3. The smallest absolute Gasteiger partial charge is 0.497 e. The predicted octanol–water partition coefficient (Wildman–Crippen LogP) is 1.77. The molecule has 0 N–H and O–H groups in total. The summed E-state index contributed by atoms with van der Waals surface area (Å²) in [4.78, 5) is 37.3. The molecule has 27 heavy (non-hydrogen) atoms. The number of likely N-dealkylation sites (N-methyl/N-ethyl adjacent to an activating group) is 1. The Balaban J connectivity index is 1.68. The molecule has 1 fully saturated rings. The summed E-state index contributed by atoms with van der Waals surface area (Å²) >= 11 is 3.20. The van der Waals surface area contributed by atoms with Crippen molar-refractivity contribution in [2.75, 3.05) is 26.7 Å². The number of benzene rings is 1. The molecule has 1 aliphatic rings. The highest BCUT2D eigenvalue weighted by molar-refractivity contribution is 9.10. The first-order valence-electron chi connectivity index (χ1n) is 8.81. The summed E-state index contributed by atoms with van der Waals surface area (Å²) < 4.78 is 14.9. The highest BCUT2D eigenvalue weighted by Gasteiger charge is 2.41. The van der Waals surface area contributed by atoms with Gasteiger partial charge in [0.15, 0.2) is 0 Å². The van der Waals surface area contributed by atoms with Crippen molar-refractivity contribution in [1.29, 1.82) is 0 Å². The number of hydrogen-bond acceptors (Lipinski definition) is 7. The Bertz CT molecular complexity index is 624. The highest BCUT2D eigenvalue weighted by Crippen LogP contribution is 2.15. The van der Waals surface area contributed by atoms with Crippen LogP contribution in [0.4, 0.5) is 0 Å². The number of hydrogen-bond donors (Lipinski definition) is 0. The molecule has 1 heterocycles. The molecule has 0 aliphatic carbocycles. The van der Waals surface area contributed by atoms with E-state index < -0.39 is 23.8 Å². The summed E-state index contributed by atoms with van der Waals surface area (Å²) in [7, 11) is 0.375. The van der Waals surface area contributed by atoms with Crippen molar-refractivity contribution < 1.29 is 28.4 Å². The minimum Gasteiger partial charge on any atom is -0.497 e.